The largest absolute Gasteiger partial charge is 0.444 e. The molecule has 36 heavy (non-hydrogen) atoms. The number of carbonyl (C=O) groups is 2. The molecule has 9 nitrogen and oxygen atoms in total. The van der Waals surface area contributed by atoms with Gasteiger partial charge in [0.2, 0.25) is 5.91 Å². The van der Waals surface area contributed by atoms with E-state index in [1.165, 1.54) is 12.1 Å². The smallest absolute Gasteiger partial charge is 0.410 e. The second-order valence-corrected chi connectivity index (χ2v) is 10.1. The van der Waals surface area contributed by atoms with Gasteiger partial charge in [-0.15, -0.1) is 0 Å². The second kappa shape index (κ2) is 9.29. The second-order valence-electron chi connectivity index (χ2n) is 10.1. The van der Waals surface area contributed by atoms with Gasteiger partial charge in [-0.25, -0.2) is 9.18 Å². The summed E-state index contributed by atoms with van der Waals surface area (Å²) in [6, 6.07) is 3.30. The lowest BCUT2D eigenvalue weighted by molar-refractivity contribution is -0.159. The number of nitrogens with zero attached hydrogens (tertiary/aromatic N) is 4. The molecule has 12 heteroatoms. The van der Waals surface area contributed by atoms with Gasteiger partial charge in [0.05, 0.1) is 11.4 Å². The normalized spacial score (nSPS) is 21.1. The molecule has 1 aromatic heterocycles. The number of amides is 2. The quantitative estimate of drug-likeness (QED) is 0.667. The molecule has 2 amide bonds. The van der Waals surface area contributed by atoms with Crippen LogP contribution in [0.2, 0.25) is 0 Å². The minimum atomic E-state index is -3.42. The van der Waals surface area contributed by atoms with E-state index in [0.717, 1.165) is 43.1 Å². The molecule has 3 heterocycles. The molecule has 2 fully saturated rings. The number of aromatic nitrogens is 3. The lowest BCUT2D eigenvalue weighted by atomic mass is 9.71. The maximum atomic E-state index is 14.2. The minimum absolute atomic E-state index is 0.0173. The predicted octanol–water partition coefficient (Wildman–Crippen LogP) is 3.30. The van der Waals surface area contributed by atoms with Crippen molar-refractivity contribution < 1.29 is 32.2 Å². The molecule has 5 rings (SSSR count). The molecular weight excluding hydrogens is 479 g/mol. The van der Waals surface area contributed by atoms with Gasteiger partial charge in [0.15, 0.2) is 0 Å². The first-order valence-electron chi connectivity index (χ1n) is 12.1. The third kappa shape index (κ3) is 5.12. The van der Waals surface area contributed by atoms with Crippen LogP contribution in [-0.4, -0.2) is 69.5 Å². The number of H-pyrrole nitrogens is 1. The fraction of sp³-hybridized carbons (Fsp3) is 0.583. The number of halogens is 3. The molecule has 194 valence electrons. The summed E-state index contributed by atoms with van der Waals surface area (Å²) in [6.45, 7) is 2.61. The summed E-state index contributed by atoms with van der Waals surface area (Å²) in [5.41, 5.74) is 1.92. The first-order chi connectivity index (χ1) is 17.1. The molecule has 1 spiro atoms. The molecule has 1 unspecified atom stereocenters. The third-order valence-electron chi connectivity index (χ3n) is 7.34. The van der Waals surface area contributed by atoms with Crippen LogP contribution in [0.3, 0.4) is 0 Å². The molecule has 0 radical (unpaired) electrons. The highest BCUT2D eigenvalue weighted by molar-refractivity contribution is 5.80. The highest BCUT2D eigenvalue weighted by Gasteiger charge is 2.48. The Bertz CT molecular complexity index is 1140. The molecule has 0 bridgehead atoms. The number of carbonyl (C=O) groups excluding carboxylic acids is 2. The molecule has 2 aliphatic heterocycles. The van der Waals surface area contributed by atoms with E-state index in [-0.39, 0.29) is 35.2 Å². The van der Waals surface area contributed by atoms with Crippen LogP contribution in [0.1, 0.15) is 43.1 Å². The third-order valence-corrected chi connectivity index (χ3v) is 7.34. The van der Waals surface area contributed by atoms with Crippen LogP contribution < -0.4 is 4.74 Å². The SMILES string of the molecule is CC(F)(F)Oc1ccc(COC(=O)N2CCC3(CC2)CN(C(=O)C2CCc4n[nH]nc4C2)C3)c(F)c1. The minimum Gasteiger partial charge on any atom is -0.444 e. The van der Waals surface area contributed by atoms with Gasteiger partial charge in [-0.1, -0.05) is 0 Å². The van der Waals surface area contributed by atoms with Crippen molar-refractivity contribution >= 4 is 12.0 Å². The van der Waals surface area contributed by atoms with Crippen molar-refractivity contribution in [1.29, 1.82) is 0 Å². The number of nitrogens with one attached hydrogen (secondary N) is 1. The lowest BCUT2D eigenvalue weighted by Gasteiger charge is -2.54. The van der Waals surface area contributed by atoms with Crippen LogP contribution in [0.15, 0.2) is 18.2 Å². The zero-order valence-corrected chi connectivity index (χ0v) is 19.9. The van der Waals surface area contributed by atoms with Crippen molar-refractivity contribution in [3.05, 3.63) is 41.0 Å². The van der Waals surface area contributed by atoms with Gasteiger partial charge < -0.3 is 19.3 Å². The number of alkyl halides is 2. The molecule has 1 atom stereocenters. The Kier molecular flexibility index (Phi) is 6.29. The Morgan fingerprint density at radius 1 is 1.17 bits per heavy atom. The molecular formula is C24H28F3N5O4. The van der Waals surface area contributed by atoms with Crippen LogP contribution in [-0.2, 0) is 29.0 Å². The molecule has 1 aliphatic carbocycles. The fourth-order valence-electron chi connectivity index (χ4n) is 5.30. The Balaban J connectivity index is 1.06. The van der Waals surface area contributed by atoms with Crippen LogP contribution in [0.25, 0.3) is 0 Å². The number of ether oxygens (including phenoxy) is 2. The predicted molar refractivity (Wildman–Crippen MR) is 120 cm³/mol. The van der Waals surface area contributed by atoms with Gasteiger partial charge in [-0.2, -0.15) is 24.2 Å². The summed E-state index contributed by atoms with van der Waals surface area (Å²) >= 11 is 0. The molecule has 2 aromatic rings. The maximum absolute atomic E-state index is 14.2. The number of likely N-dealkylation sites (tertiary alicyclic amines) is 2. The van der Waals surface area contributed by atoms with E-state index < -0.39 is 18.0 Å². The van der Waals surface area contributed by atoms with E-state index in [1.807, 2.05) is 4.90 Å². The fourth-order valence-corrected chi connectivity index (χ4v) is 5.30. The molecule has 1 aromatic carbocycles. The Labute approximate surface area is 205 Å². The summed E-state index contributed by atoms with van der Waals surface area (Å²) < 4.78 is 49.6. The number of aryl methyl sites for hydroxylation is 1. The summed E-state index contributed by atoms with van der Waals surface area (Å²) in [5.74, 6) is -0.998. The first-order valence-corrected chi connectivity index (χ1v) is 12.1. The van der Waals surface area contributed by atoms with Crippen molar-refractivity contribution in [3.63, 3.8) is 0 Å². The number of benzene rings is 1. The summed E-state index contributed by atoms with van der Waals surface area (Å²) in [7, 11) is 0. The van der Waals surface area contributed by atoms with Crippen molar-refractivity contribution in [2.75, 3.05) is 26.2 Å². The van der Waals surface area contributed by atoms with Crippen LogP contribution in [0.5, 0.6) is 5.75 Å². The number of rotatable bonds is 5. The van der Waals surface area contributed by atoms with E-state index in [9.17, 15) is 22.8 Å². The van der Waals surface area contributed by atoms with Crippen LogP contribution >= 0.6 is 0 Å². The van der Waals surface area contributed by atoms with Gasteiger partial charge in [-0.3, -0.25) is 4.79 Å². The molecule has 1 N–H and O–H groups in total. The average molecular weight is 508 g/mol. The number of piperidine rings is 1. The summed E-state index contributed by atoms with van der Waals surface area (Å²) in [5, 5.41) is 10.9. The standard InChI is InChI=1S/C24H28F3N5O4/c1-23(26,27)36-17-4-2-16(18(25)11-17)12-35-22(34)31-8-6-24(7-9-31)13-32(14-24)21(33)15-3-5-19-20(10-15)29-30-28-19/h2,4,11,15H,3,5-10,12-14H2,1H3,(H,28,29,30). The maximum Gasteiger partial charge on any atom is 0.410 e. The number of fused-ring (bicyclic) bond motifs is 1. The Morgan fingerprint density at radius 3 is 2.58 bits per heavy atom. The summed E-state index contributed by atoms with van der Waals surface area (Å²) in [6.07, 6.45) is -0.297. The molecule has 2 saturated heterocycles. The highest BCUT2D eigenvalue weighted by atomic mass is 19.3. The van der Waals surface area contributed by atoms with Crippen molar-refractivity contribution in [2.45, 2.75) is 51.7 Å². The van der Waals surface area contributed by atoms with Gasteiger partial charge in [-0.05, 0) is 37.8 Å². The van der Waals surface area contributed by atoms with E-state index in [1.54, 1.807) is 4.90 Å². The van der Waals surface area contributed by atoms with E-state index in [2.05, 4.69) is 20.1 Å². The highest BCUT2D eigenvalue weighted by Crippen LogP contribution is 2.42. The number of hydrogen-bond donors (Lipinski definition) is 1. The van der Waals surface area contributed by atoms with Gasteiger partial charge in [0.1, 0.15) is 18.2 Å². The van der Waals surface area contributed by atoms with Gasteiger partial charge in [0.25, 0.3) is 0 Å². The Morgan fingerprint density at radius 2 is 1.89 bits per heavy atom. The zero-order chi connectivity index (χ0) is 25.5. The zero-order valence-electron chi connectivity index (χ0n) is 19.9. The number of hydrogen-bond acceptors (Lipinski definition) is 6. The monoisotopic (exact) mass is 507 g/mol. The van der Waals surface area contributed by atoms with Gasteiger partial charge in [0, 0.05) is 62.5 Å². The van der Waals surface area contributed by atoms with E-state index in [0.29, 0.717) is 39.5 Å². The van der Waals surface area contributed by atoms with Crippen molar-refractivity contribution in [1.82, 2.24) is 25.2 Å². The molecule has 0 saturated carbocycles. The van der Waals surface area contributed by atoms with Crippen LogP contribution in [0.4, 0.5) is 18.0 Å². The topological polar surface area (TPSA) is 101 Å². The molecule has 3 aliphatic rings. The van der Waals surface area contributed by atoms with E-state index in [4.69, 9.17) is 4.74 Å². The Hall–Kier alpha value is -3.31. The van der Waals surface area contributed by atoms with Crippen molar-refractivity contribution in [2.24, 2.45) is 11.3 Å². The van der Waals surface area contributed by atoms with Crippen molar-refractivity contribution in [3.8, 4) is 5.75 Å². The first kappa shape index (κ1) is 24.4. The lowest BCUT2D eigenvalue weighted by Crippen LogP contribution is -2.63. The summed E-state index contributed by atoms with van der Waals surface area (Å²) in [4.78, 5) is 28.9. The van der Waals surface area contributed by atoms with Crippen LogP contribution in [0, 0.1) is 17.2 Å². The van der Waals surface area contributed by atoms with Gasteiger partial charge >= 0.3 is 12.2 Å². The number of aromatic amines is 1. The van der Waals surface area contributed by atoms with E-state index >= 15 is 0 Å². The average Bonchev–Trinajstić information content (AvgIpc) is 3.28.